The summed E-state index contributed by atoms with van der Waals surface area (Å²) in [6.07, 6.45) is 6.26. The molecule has 0 aliphatic heterocycles. The molecule has 17 heavy (non-hydrogen) atoms. The summed E-state index contributed by atoms with van der Waals surface area (Å²) in [7, 11) is 1.75. The molecule has 3 atom stereocenters. The Balaban J connectivity index is 2.70. The number of unbranched alkanes of at least 4 members (excludes halogenated alkanes) is 1. The summed E-state index contributed by atoms with van der Waals surface area (Å²) in [5, 5.41) is 0. The molecule has 0 aromatic heterocycles. The topological polar surface area (TPSA) is 26.3 Å². The highest BCUT2D eigenvalue weighted by atomic mass is 16.5. The first-order chi connectivity index (χ1) is 8.04. The highest BCUT2D eigenvalue weighted by molar-refractivity contribution is 5.84. The third-order valence-corrected chi connectivity index (χ3v) is 4.51. The van der Waals surface area contributed by atoms with Crippen molar-refractivity contribution in [1.82, 2.24) is 0 Å². The number of carbonyl (C=O) groups excluding carboxylic acids is 1. The number of hydrogen-bond acceptors (Lipinski definition) is 2. The lowest BCUT2D eigenvalue weighted by atomic mass is 9.62. The average Bonchev–Trinajstić information content (AvgIpc) is 2.31. The van der Waals surface area contributed by atoms with Gasteiger partial charge >= 0.3 is 0 Å². The molecule has 1 fully saturated rings. The van der Waals surface area contributed by atoms with Crippen molar-refractivity contribution in [1.29, 1.82) is 0 Å². The molecule has 3 unspecified atom stereocenters. The minimum absolute atomic E-state index is 0.127. The van der Waals surface area contributed by atoms with Crippen molar-refractivity contribution in [2.24, 2.45) is 17.3 Å². The average molecular weight is 240 g/mol. The summed E-state index contributed by atoms with van der Waals surface area (Å²) in [6, 6.07) is 0. The summed E-state index contributed by atoms with van der Waals surface area (Å²) in [5.74, 6) is 1.62. The zero-order valence-electron chi connectivity index (χ0n) is 11.9. The van der Waals surface area contributed by atoms with Crippen LogP contribution in [-0.4, -0.2) is 19.5 Å². The van der Waals surface area contributed by atoms with Crippen LogP contribution in [0.15, 0.2) is 0 Å². The van der Waals surface area contributed by atoms with Crippen LogP contribution in [0, 0.1) is 17.3 Å². The lowest BCUT2D eigenvalue weighted by Gasteiger charge is -2.42. The van der Waals surface area contributed by atoms with Gasteiger partial charge < -0.3 is 4.74 Å². The van der Waals surface area contributed by atoms with E-state index in [4.69, 9.17) is 4.74 Å². The molecule has 1 aliphatic rings. The largest absolute Gasteiger partial charge is 0.384 e. The molecule has 1 saturated carbocycles. The van der Waals surface area contributed by atoms with Gasteiger partial charge in [0.05, 0.1) is 0 Å². The van der Waals surface area contributed by atoms with E-state index in [2.05, 4.69) is 20.8 Å². The van der Waals surface area contributed by atoms with Gasteiger partial charge in [-0.25, -0.2) is 0 Å². The Bertz CT molecular complexity index is 249. The van der Waals surface area contributed by atoms with Crippen molar-refractivity contribution in [2.45, 2.75) is 59.3 Å². The van der Waals surface area contributed by atoms with Gasteiger partial charge in [0, 0.05) is 25.6 Å². The minimum atomic E-state index is -0.127. The number of rotatable bonds is 6. The quantitative estimate of drug-likeness (QED) is 0.705. The third-order valence-electron chi connectivity index (χ3n) is 4.51. The van der Waals surface area contributed by atoms with Crippen molar-refractivity contribution in [3.63, 3.8) is 0 Å². The molecule has 1 aliphatic carbocycles. The molecule has 2 nitrogen and oxygen atoms in total. The van der Waals surface area contributed by atoms with E-state index < -0.39 is 0 Å². The number of Topliss-reactive ketones (excluding diaryl/α,β-unsaturated/α-hetero) is 1. The number of carbonyl (C=O) groups is 1. The lowest BCUT2D eigenvalue weighted by Crippen LogP contribution is -2.42. The fourth-order valence-corrected chi connectivity index (χ4v) is 3.06. The molecule has 0 aromatic rings. The SMILES string of the molecule is CCCCC(=O)C1(C)CCC(C)CC1COC. The van der Waals surface area contributed by atoms with Crippen molar-refractivity contribution in [2.75, 3.05) is 13.7 Å². The first kappa shape index (κ1) is 14.7. The maximum absolute atomic E-state index is 12.4. The summed E-state index contributed by atoms with van der Waals surface area (Å²) in [4.78, 5) is 12.4. The molecule has 0 N–H and O–H groups in total. The second kappa shape index (κ2) is 6.53. The fourth-order valence-electron chi connectivity index (χ4n) is 3.06. The standard InChI is InChI=1S/C15H28O2/c1-5-6-7-14(16)15(3)9-8-12(2)10-13(15)11-17-4/h12-13H,5-11H2,1-4H3. The predicted molar refractivity (Wildman–Crippen MR) is 71.0 cm³/mol. The summed E-state index contributed by atoms with van der Waals surface area (Å²) in [5.41, 5.74) is -0.127. The Labute approximate surface area is 106 Å². The van der Waals surface area contributed by atoms with Crippen molar-refractivity contribution in [3.05, 3.63) is 0 Å². The van der Waals surface area contributed by atoms with Crippen LogP contribution in [-0.2, 0) is 9.53 Å². The highest BCUT2D eigenvalue weighted by Crippen LogP contribution is 2.45. The van der Waals surface area contributed by atoms with E-state index in [9.17, 15) is 4.79 Å². The summed E-state index contributed by atoms with van der Waals surface area (Å²) >= 11 is 0. The first-order valence-corrected chi connectivity index (χ1v) is 7.06. The van der Waals surface area contributed by atoms with Gasteiger partial charge in [-0.1, -0.05) is 27.2 Å². The molecule has 0 saturated heterocycles. The van der Waals surface area contributed by atoms with E-state index >= 15 is 0 Å². The van der Waals surface area contributed by atoms with Crippen LogP contribution in [0.5, 0.6) is 0 Å². The Kier molecular flexibility index (Phi) is 5.64. The van der Waals surface area contributed by atoms with Gasteiger partial charge in [0.2, 0.25) is 0 Å². The van der Waals surface area contributed by atoms with E-state index in [1.54, 1.807) is 7.11 Å². The Morgan fingerprint density at radius 1 is 1.47 bits per heavy atom. The second-order valence-electron chi connectivity index (χ2n) is 5.98. The molecule has 0 spiro atoms. The van der Waals surface area contributed by atoms with Crippen LogP contribution in [0.2, 0.25) is 0 Å². The number of ether oxygens (including phenoxy) is 1. The molecule has 0 bridgehead atoms. The Hall–Kier alpha value is -0.370. The van der Waals surface area contributed by atoms with Crippen LogP contribution in [0.3, 0.4) is 0 Å². The van der Waals surface area contributed by atoms with E-state index in [1.165, 1.54) is 6.42 Å². The molecule has 1 rings (SSSR count). The molecule has 0 amide bonds. The molecule has 0 heterocycles. The first-order valence-electron chi connectivity index (χ1n) is 7.06. The van der Waals surface area contributed by atoms with Gasteiger partial charge in [-0.15, -0.1) is 0 Å². The maximum atomic E-state index is 12.4. The van der Waals surface area contributed by atoms with E-state index in [0.29, 0.717) is 11.7 Å². The van der Waals surface area contributed by atoms with Crippen molar-refractivity contribution < 1.29 is 9.53 Å². The van der Waals surface area contributed by atoms with Gasteiger partial charge in [0.25, 0.3) is 0 Å². The van der Waals surface area contributed by atoms with Gasteiger partial charge in [0.1, 0.15) is 5.78 Å². The number of ketones is 1. The Morgan fingerprint density at radius 2 is 2.18 bits per heavy atom. The summed E-state index contributed by atoms with van der Waals surface area (Å²) in [6.45, 7) is 7.34. The number of methoxy groups -OCH3 is 1. The maximum Gasteiger partial charge on any atom is 0.139 e. The molecule has 2 heteroatoms. The van der Waals surface area contributed by atoms with Gasteiger partial charge in [-0.2, -0.15) is 0 Å². The van der Waals surface area contributed by atoms with E-state index in [0.717, 1.165) is 44.6 Å². The zero-order chi connectivity index (χ0) is 12.9. The molecule has 0 radical (unpaired) electrons. The third kappa shape index (κ3) is 3.54. The van der Waals surface area contributed by atoms with E-state index in [1.807, 2.05) is 0 Å². The van der Waals surface area contributed by atoms with Crippen LogP contribution in [0.25, 0.3) is 0 Å². The highest BCUT2D eigenvalue weighted by Gasteiger charge is 2.43. The smallest absolute Gasteiger partial charge is 0.139 e. The second-order valence-corrected chi connectivity index (χ2v) is 5.98. The normalized spacial score (nSPS) is 33.6. The van der Waals surface area contributed by atoms with Crippen LogP contribution in [0.1, 0.15) is 59.3 Å². The minimum Gasteiger partial charge on any atom is -0.384 e. The van der Waals surface area contributed by atoms with Crippen LogP contribution < -0.4 is 0 Å². The van der Waals surface area contributed by atoms with Gasteiger partial charge in [-0.05, 0) is 37.5 Å². The Morgan fingerprint density at radius 3 is 2.76 bits per heavy atom. The van der Waals surface area contributed by atoms with Gasteiger partial charge in [-0.3, -0.25) is 4.79 Å². The van der Waals surface area contributed by atoms with Crippen molar-refractivity contribution in [3.8, 4) is 0 Å². The lowest BCUT2D eigenvalue weighted by molar-refractivity contribution is -0.135. The van der Waals surface area contributed by atoms with Crippen LogP contribution in [0.4, 0.5) is 0 Å². The summed E-state index contributed by atoms with van der Waals surface area (Å²) < 4.78 is 5.33. The van der Waals surface area contributed by atoms with E-state index in [-0.39, 0.29) is 5.41 Å². The monoisotopic (exact) mass is 240 g/mol. The molecule has 100 valence electrons. The predicted octanol–water partition coefficient (Wildman–Crippen LogP) is 3.83. The zero-order valence-corrected chi connectivity index (χ0v) is 11.9. The van der Waals surface area contributed by atoms with Crippen LogP contribution >= 0.6 is 0 Å². The fraction of sp³-hybridized carbons (Fsp3) is 0.933. The molecule has 0 aromatic carbocycles. The molecular formula is C15H28O2. The molecular weight excluding hydrogens is 212 g/mol. The van der Waals surface area contributed by atoms with Gasteiger partial charge in [0.15, 0.2) is 0 Å². The number of hydrogen-bond donors (Lipinski definition) is 0. The van der Waals surface area contributed by atoms with Crippen molar-refractivity contribution >= 4 is 5.78 Å².